The molecular weight excluding hydrogens is 260 g/mol. The molecule has 0 radical (unpaired) electrons. The third kappa shape index (κ3) is 2.40. The molecule has 0 unspecified atom stereocenters. The molecule has 0 aliphatic carbocycles. The summed E-state index contributed by atoms with van der Waals surface area (Å²) in [6, 6.07) is 14.3. The fraction of sp³-hybridized carbons (Fsp3) is 0.176. The molecule has 106 valence electrons. The van der Waals surface area contributed by atoms with Crippen LogP contribution in [-0.4, -0.2) is 17.0 Å². The monoisotopic (exact) mass is 278 g/mol. The Hall–Kier alpha value is -2.62. The topological polar surface area (TPSA) is 55.0 Å². The van der Waals surface area contributed by atoms with Gasteiger partial charge in [0.1, 0.15) is 5.82 Å². The van der Waals surface area contributed by atoms with Crippen molar-refractivity contribution < 1.29 is 0 Å². The summed E-state index contributed by atoms with van der Waals surface area (Å²) in [6.45, 7) is 4.19. The van der Waals surface area contributed by atoms with Gasteiger partial charge in [-0.2, -0.15) is 4.98 Å². The van der Waals surface area contributed by atoms with Crippen molar-refractivity contribution in [1.29, 1.82) is 0 Å². The number of hydrogen-bond acceptors (Lipinski definition) is 4. The van der Waals surface area contributed by atoms with Crippen LogP contribution in [0.1, 0.15) is 11.1 Å². The van der Waals surface area contributed by atoms with E-state index in [4.69, 9.17) is 5.73 Å². The first-order chi connectivity index (χ1) is 10.1. The molecule has 2 aromatic carbocycles. The number of aromatic nitrogens is 2. The minimum Gasteiger partial charge on any atom is -0.368 e. The quantitative estimate of drug-likeness (QED) is 0.778. The SMILES string of the molecule is Cc1ccc(N(C)c2nc(N)nc3ccccc23)c(C)c1. The lowest BCUT2D eigenvalue weighted by Gasteiger charge is -2.22. The third-order valence-electron chi connectivity index (χ3n) is 3.63. The fourth-order valence-corrected chi connectivity index (χ4v) is 2.63. The number of rotatable bonds is 2. The van der Waals surface area contributed by atoms with Crippen LogP contribution in [0.2, 0.25) is 0 Å². The summed E-state index contributed by atoms with van der Waals surface area (Å²) in [6.07, 6.45) is 0. The fourth-order valence-electron chi connectivity index (χ4n) is 2.63. The van der Waals surface area contributed by atoms with Gasteiger partial charge in [0.15, 0.2) is 0 Å². The van der Waals surface area contributed by atoms with Gasteiger partial charge in [-0.15, -0.1) is 0 Å². The second-order valence-electron chi connectivity index (χ2n) is 5.27. The molecule has 0 saturated heterocycles. The highest BCUT2D eigenvalue weighted by molar-refractivity contribution is 5.92. The van der Waals surface area contributed by atoms with Gasteiger partial charge in [0.2, 0.25) is 5.95 Å². The number of hydrogen-bond donors (Lipinski definition) is 1. The molecule has 4 heteroatoms. The molecule has 4 nitrogen and oxygen atoms in total. The molecule has 21 heavy (non-hydrogen) atoms. The van der Waals surface area contributed by atoms with Crippen molar-refractivity contribution in [3.8, 4) is 0 Å². The molecule has 2 N–H and O–H groups in total. The van der Waals surface area contributed by atoms with E-state index < -0.39 is 0 Å². The molecule has 1 heterocycles. The minimum absolute atomic E-state index is 0.292. The van der Waals surface area contributed by atoms with Gasteiger partial charge in [0.25, 0.3) is 0 Å². The summed E-state index contributed by atoms with van der Waals surface area (Å²) < 4.78 is 0. The van der Waals surface area contributed by atoms with E-state index in [-0.39, 0.29) is 0 Å². The number of nitrogens with zero attached hydrogens (tertiary/aromatic N) is 3. The number of aryl methyl sites for hydroxylation is 2. The Morgan fingerprint density at radius 2 is 1.76 bits per heavy atom. The summed E-state index contributed by atoms with van der Waals surface area (Å²) in [5.74, 6) is 1.12. The summed E-state index contributed by atoms with van der Waals surface area (Å²) in [5, 5.41) is 0.995. The smallest absolute Gasteiger partial charge is 0.222 e. The average molecular weight is 278 g/mol. The second-order valence-corrected chi connectivity index (χ2v) is 5.27. The lowest BCUT2D eigenvalue weighted by atomic mass is 10.1. The molecular formula is C17H18N4. The first kappa shape index (κ1) is 13.4. The predicted octanol–water partition coefficient (Wildman–Crippen LogP) is 3.60. The van der Waals surface area contributed by atoms with Crippen LogP contribution < -0.4 is 10.6 Å². The summed E-state index contributed by atoms with van der Waals surface area (Å²) in [4.78, 5) is 10.8. The molecule has 0 saturated carbocycles. The Kier molecular flexibility index (Phi) is 3.22. The molecule has 0 amide bonds. The van der Waals surface area contributed by atoms with E-state index in [0.717, 1.165) is 22.4 Å². The number of anilines is 3. The van der Waals surface area contributed by atoms with Crippen LogP contribution in [0, 0.1) is 13.8 Å². The standard InChI is InChI=1S/C17H18N4/c1-11-8-9-15(12(2)10-11)21(3)16-13-6-4-5-7-14(13)19-17(18)20-16/h4-10H,1-3H3,(H2,18,19,20). The van der Waals surface area contributed by atoms with E-state index in [1.165, 1.54) is 11.1 Å². The maximum Gasteiger partial charge on any atom is 0.222 e. The van der Waals surface area contributed by atoms with E-state index in [0.29, 0.717) is 5.95 Å². The third-order valence-corrected chi connectivity index (χ3v) is 3.63. The van der Waals surface area contributed by atoms with Crippen LogP contribution in [0.4, 0.5) is 17.5 Å². The number of nitrogens with two attached hydrogens (primary N) is 1. The van der Waals surface area contributed by atoms with Crippen LogP contribution in [-0.2, 0) is 0 Å². The zero-order chi connectivity index (χ0) is 15.0. The second kappa shape index (κ2) is 5.05. The van der Waals surface area contributed by atoms with E-state index >= 15 is 0 Å². The van der Waals surface area contributed by atoms with Crippen molar-refractivity contribution in [3.63, 3.8) is 0 Å². The van der Waals surface area contributed by atoms with E-state index in [9.17, 15) is 0 Å². The van der Waals surface area contributed by atoms with Gasteiger partial charge in [0, 0.05) is 18.1 Å². The van der Waals surface area contributed by atoms with Crippen molar-refractivity contribution in [3.05, 3.63) is 53.6 Å². The maximum absolute atomic E-state index is 5.85. The maximum atomic E-state index is 5.85. The van der Waals surface area contributed by atoms with Gasteiger partial charge < -0.3 is 10.6 Å². The Morgan fingerprint density at radius 1 is 1.00 bits per heavy atom. The lowest BCUT2D eigenvalue weighted by Crippen LogP contribution is -2.14. The van der Waals surface area contributed by atoms with Gasteiger partial charge in [-0.1, -0.05) is 29.8 Å². The molecule has 0 aliphatic heterocycles. The van der Waals surface area contributed by atoms with E-state index in [2.05, 4.69) is 46.9 Å². The minimum atomic E-state index is 0.292. The van der Waals surface area contributed by atoms with Crippen molar-refractivity contribution >= 4 is 28.4 Å². The highest BCUT2D eigenvalue weighted by atomic mass is 15.2. The first-order valence-corrected chi connectivity index (χ1v) is 6.89. The zero-order valence-electron chi connectivity index (χ0n) is 12.5. The average Bonchev–Trinajstić information content (AvgIpc) is 2.45. The van der Waals surface area contributed by atoms with Crippen molar-refractivity contribution in [2.24, 2.45) is 0 Å². The van der Waals surface area contributed by atoms with Crippen molar-refractivity contribution in [2.75, 3.05) is 17.7 Å². The molecule has 0 spiro atoms. The zero-order valence-corrected chi connectivity index (χ0v) is 12.5. The Morgan fingerprint density at radius 3 is 2.52 bits per heavy atom. The molecule has 3 rings (SSSR count). The lowest BCUT2D eigenvalue weighted by molar-refractivity contribution is 1.11. The summed E-state index contributed by atoms with van der Waals surface area (Å²) >= 11 is 0. The number of para-hydroxylation sites is 1. The Bertz CT molecular complexity index is 811. The molecule has 3 aromatic rings. The van der Waals surface area contributed by atoms with Crippen molar-refractivity contribution in [1.82, 2.24) is 9.97 Å². The molecule has 1 aromatic heterocycles. The van der Waals surface area contributed by atoms with Gasteiger partial charge in [-0.05, 0) is 37.6 Å². The molecule has 0 fully saturated rings. The van der Waals surface area contributed by atoms with Crippen molar-refractivity contribution in [2.45, 2.75) is 13.8 Å². The molecule has 0 aliphatic rings. The van der Waals surface area contributed by atoms with Crippen LogP contribution in [0.25, 0.3) is 10.9 Å². The highest BCUT2D eigenvalue weighted by Crippen LogP contribution is 2.31. The van der Waals surface area contributed by atoms with Gasteiger partial charge in [-0.25, -0.2) is 4.98 Å². The first-order valence-electron chi connectivity index (χ1n) is 6.89. The Labute approximate surface area is 124 Å². The molecule has 0 bridgehead atoms. The predicted molar refractivity (Wildman–Crippen MR) is 87.9 cm³/mol. The largest absolute Gasteiger partial charge is 0.368 e. The summed E-state index contributed by atoms with van der Waals surface area (Å²) in [5.41, 5.74) is 10.3. The molecule has 0 atom stereocenters. The number of nitrogen functional groups attached to an aromatic ring is 1. The normalized spacial score (nSPS) is 10.8. The highest BCUT2D eigenvalue weighted by Gasteiger charge is 2.13. The van der Waals surface area contributed by atoms with Gasteiger partial charge in [-0.3, -0.25) is 0 Å². The van der Waals surface area contributed by atoms with Crippen LogP contribution in [0.3, 0.4) is 0 Å². The Balaban J connectivity index is 2.19. The van der Waals surface area contributed by atoms with Crippen LogP contribution in [0.15, 0.2) is 42.5 Å². The van der Waals surface area contributed by atoms with Crippen LogP contribution >= 0.6 is 0 Å². The van der Waals surface area contributed by atoms with E-state index in [1.54, 1.807) is 0 Å². The number of fused-ring (bicyclic) bond motifs is 1. The summed E-state index contributed by atoms with van der Waals surface area (Å²) in [7, 11) is 2.01. The number of benzene rings is 2. The van der Waals surface area contributed by atoms with Gasteiger partial charge >= 0.3 is 0 Å². The van der Waals surface area contributed by atoms with E-state index in [1.807, 2.05) is 31.3 Å². The van der Waals surface area contributed by atoms with Crippen LogP contribution in [0.5, 0.6) is 0 Å². The van der Waals surface area contributed by atoms with Gasteiger partial charge in [0.05, 0.1) is 5.52 Å².